The van der Waals surface area contributed by atoms with Crippen LogP contribution in [0.1, 0.15) is 11.1 Å². The summed E-state index contributed by atoms with van der Waals surface area (Å²) in [6.45, 7) is 0.124. The number of carbonyl (C=O) groups is 1. The molecule has 2 aliphatic heterocycles. The van der Waals surface area contributed by atoms with E-state index in [-0.39, 0.29) is 18.3 Å². The number of benzene rings is 2. The van der Waals surface area contributed by atoms with E-state index in [1.165, 1.54) is 6.07 Å². The first-order chi connectivity index (χ1) is 13.1. The smallest absolute Gasteiger partial charge is 0.264 e. The summed E-state index contributed by atoms with van der Waals surface area (Å²) >= 11 is 6.12. The van der Waals surface area contributed by atoms with Gasteiger partial charge in [-0.05, 0) is 30.4 Å². The van der Waals surface area contributed by atoms with Gasteiger partial charge in [-0.1, -0.05) is 48.0 Å². The van der Waals surface area contributed by atoms with Crippen molar-refractivity contribution in [1.29, 1.82) is 0 Å². The second kappa shape index (κ2) is 7.29. The Hall–Kier alpha value is -3.05. The molecule has 2 aromatic carbocycles. The highest BCUT2D eigenvalue weighted by Gasteiger charge is 2.35. The lowest BCUT2D eigenvalue weighted by atomic mass is 10.1. The topological polar surface area (TPSA) is 44.4 Å². The van der Waals surface area contributed by atoms with Gasteiger partial charge in [0.25, 0.3) is 5.91 Å². The van der Waals surface area contributed by atoms with Gasteiger partial charge in [-0.15, -0.1) is 0 Å². The fraction of sp³-hybridized carbons (Fsp3) is 0.0952. The van der Waals surface area contributed by atoms with E-state index in [0.717, 1.165) is 17.0 Å². The van der Waals surface area contributed by atoms with Gasteiger partial charge in [0.05, 0.1) is 11.4 Å². The second-order valence-electron chi connectivity index (χ2n) is 6.23. The molecule has 0 spiro atoms. The molecule has 2 N–H and O–H groups in total. The van der Waals surface area contributed by atoms with Crippen LogP contribution in [0.5, 0.6) is 0 Å². The van der Waals surface area contributed by atoms with Crippen molar-refractivity contribution in [2.45, 2.75) is 12.7 Å². The SMILES string of the molecule is O=C(NCc1ccccc1F)C1NC(c2cccc(Cl)c2)=C2C=CC=CN21. The van der Waals surface area contributed by atoms with Crippen LogP contribution < -0.4 is 10.6 Å². The van der Waals surface area contributed by atoms with Gasteiger partial charge in [-0.2, -0.15) is 0 Å². The van der Waals surface area contributed by atoms with E-state index in [4.69, 9.17) is 11.6 Å². The number of fused-ring (bicyclic) bond motifs is 1. The zero-order valence-corrected chi connectivity index (χ0v) is 15.1. The van der Waals surface area contributed by atoms with Gasteiger partial charge in [-0.3, -0.25) is 4.79 Å². The van der Waals surface area contributed by atoms with Gasteiger partial charge >= 0.3 is 0 Å². The number of allylic oxidation sites excluding steroid dienone is 3. The summed E-state index contributed by atoms with van der Waals surface area (Å²) in [5, 5.41) is 6.69. The summed E-state index contributed by atoms with van der Waals surface area (Å²) in [5.41, 5.74) is 3.04. The summed E-state index contributed by atoms with van der Waals surface area (Å²) in [5.74, 6) is -0.579. The van der Waals surface area contributed by atoms with E-state index in [1.54, 1.807) is 24.3 Å². The lowest BCUT2D eigenvalue weighted by Gasteiger charge is -2.25. The van der Waals surface area contributed by atoms with Gasteiger partial charge in [0, 0.05) is 28.9 Å². The Labute approximate surface area is 161 Å². The predicted octanol–water partition coefficient (Wildman–Crippen LogP) is 3.78. The van der Waals surface area contributed by atoms with Crippen molar-refractivity contribution in [3.05, 3.63) is 101 Å². The average Bonchev–Trinajstić information content (AvgIpc) is 3.07. The Morgan fingerprint density at radius 2 is 2.04 bits per heavy atom. The number of rotatable bonds is 4. The maximum absolute atomic E-state index is 13.8. The fourth-order valence-corrected chi connectivity index (χ4v) is 3.35. The van der Waals surface area contributed by atoms with Crippen LogP contribution in [-0.4, -0.2) is 17.0 Å². The molecule has 27 heavy (non-hydrogen) atoms. The van der Waals surface area contributed by atoms with Crippen molar-refractivity contribution >= 4 is 23.2 Å². The molecule has 0 saturated carbocycles. The minimum atomic E-state index is -0.623. The number of carbonyl (C=O) groups excluding carboxylic acids is 1. The molecule has 1 unspecified atom stereocenters. The summed E-state index contributed by atoms with van der Waals surface area (Å²) in [7, 11) is 0. The number of hydrogen-bond acceptors (Lipinski definition) is 3. The Kier molecular flexibility index (Phi) is 4.69. The summed E-state index contributed by atoms with van der Waals surface area (Å²) < 4.78 is 13.8. The van der Waals surface area contributed by atoms with E-state index >= 15 is 0 Å². The first-order valence-electron chi connectivity index (χ1n) is 8.54. The highest BCUT2D eigenvalue weighted by molar-refractivity contribution is 6.30. The molecule has 2 aromatic rings. The largest absolute Gasteiger partial charge is 0.355 e. The number of amides is 1. The molecule has 0 aromatic heterocycles. The van der Waals surface area contributed by atoms with Crippen molar-refractivity contribution in [3.63, 3.8) is 0 Å². The van der Waals surface area contributed by atoms with Crippen LogP contribution >= 0.6 is 11.6 Å². The van der Waals surface area contributed by atoms with Gasteiger partial charge in [-0.25, -0.2) is 4.39 Å². The molecule has 4 nitrogen and oxygen atoms in total. The average molecular weight is 382 g/mol. The molecule has 136 valence electrons. The van der Waals surface area contributed by atoms with Gasteiger partial charge in [0.15, 0.2) is 6.17 Å². The molecule has 0 saturated heterocycles. The monoisotopic (exact) mass is 381 g/mol. The summed E-state index contributed by atoms with van der Waals surface area (Å²) in [6, 6.07) is 13.9. The first kappa shape index (κ1) is 17.4. The van der Waals surface area contributed by atoms with Crippen LogP contribution in [0.15, 0.2) is 78.7 Å². The third-order valence-corrected chi connectivity index (χ3v) is 4.71. The van der Waals surface area contributed by atoms with Crippen LogP contribution in [0, 0.1) is 5.82 Å². The zero-order chi connectivity index (χ0) is 18.8. The molecule has 2 aliphatic rings. The van der Waals surface area contributed by atoms with Crippen LogP contribution in [0.25, 0.3) is 5.70 Å². The molecule has 0 aliphatic carbocycles. The van der Waals surface area contributed by atoms with Crippen LogP contribution in [0.2, 0.25) is 5.02 Å². The van der Waals surface area contributed by atoms with Gasteiger partial charge in [0.2, 0.25) is 0 Å². The molecule has 1 atom stereocenters. The van der Waals surface area contributed by atoms with Crippen molar-refractivity contribution in [3.8, 4) is 0 Å². The molecular formula is C21H17ClFN3O. The summed E-state index contributed by atoms with van der Waals surface area (Å²) in [6.07, 6.45) is 6.93. The Bertz CT molecular complexity index is 983. The number of nitrogens with one attached hydrogen (secondary N) is 2. The Morgan fingerprint density at radius 1 is 1.19 bits per heavy atom. The lowest BCUT2D eigenvalue weighted by Crippen LogP contribution is -2.47. The predicted molar refractivity (Wildman–Crippen MR) is 104 cm³/mol. The number of nitrogens with zero attached hydrogens (tertiary/aromatic N) is 1. The number of hydrogen-bond donors (Lipinski definition) is 2. The quantitative estimate of drug-likeness (QED) is 0.847. The standard InChI is InChI=1S/C21H17ClFN3O/c22-16-8-5-7-14(12-16)19-18-10-3-4-11-26(18)20(25-19)21(27)24-13-15-6-1-2-9-17(15)23/h1-12,20,25H,13H2,(H,24,27). The highest BCUT2D eigenvalue weighted by Crippen LogP contribution is 2.31. The van der Waals surface area contributed by atoms with Crippen molar-refractivity contribution in [1.82, 2.24) is 15.5 Å². The maximum Gasteiger partial charge on any atom is 0.264 e. The fourth-order valence-electron chi connectivity index (χ4n) is 3.16. The molecule has 1 amide bonds. The zero-order valence-electron chi connectivity index (χ0n) is 14.3. The third-order valence-electron chi connectivity index (χ3n) is 4.48. The van der Waals surface area contributed by atoms with Crippen LogP contribution in [0.4, 0.5) is 4.39 Å². The number of halogens is 2. The van der Waals surface area contributed by atoms with E-state index < -0.39 is 6.17 Å². The van der Waals surface area contributed by atoms with E-state index in [0.29, 0.717) is 10.6 Å². The Morgan fingerprint density at radius 3 is 2.85 bits per heavy atom. The highest BCUT2D eigenvalue weighted by atomic mass is 35.5. The molecule has 6 heteroatoms. The van der Waals surface area contributed by atoms with Crippen LogP contribution in [-0.2, 0) is 11.3 Å². The van der Waals surface area contributed by atoms with Crippen molar-refractivity contribution < 1.29 is 9.18 Å². The lowest BCUT2D eigenvalue weighted by molar-refractivity contribution is -0.125. The first-order valence-corrected chi connectivity index (χ1v) is 8.92. The minimum Gasteiger partial charge on any atom is -0.355 e. The maximum atomic E-state index is 13.8. The summed E-state index contributed by atoms with van der Waals surface area (Å²) in [4.78, 5) is 14.6. The van der Waals surface area contributed by atoms with Crippen LogP contribution in [0.3, 0.4) is 0 Å². The van der Waals surface area contributed by atoms with E-state index in [2.05, 4.69) is 10.6 Å². The van der Waals surface area contributed by atoms with E-state index in [1.807, 2.05) is 47.5 Å². The Balaban J connectivity index is 1.55. The molecule has 4 rings (SSSR count). The van der Waals surface area contributed by atoms with E-state index in [9.17, 15) is 9.18 Å². The third kappa shape index (κ3) is 3.46. The normalized spacial score (nSPS) is 17.7. The van der Waals surface area contributed by atoms with Crippen molar-refractivity contribution in [2.24, 2.45) is 0 Å². The van der Waals surface area contributed by atoms with Gasteiger partial charge < -0.3 is 15.5 Å². The molecular weight excluding hydrogens is 365 g/mol. The molecule has 0 radical (unpaired) electrons. The molecule has 2 heterocycles. The molecule has 0 bridgehead atoms. The molecule has 0 fully saturated rings. The second-order valence-corrected chi connectivity index (χ2v) is 6.67. The van der Waals surface area contributed by atoms with Gasteiger partial charge in [0.1, 0.15) is 5.82 Å². The minimum absolute atomic E-state index is 0.124. The van der Waals surface area contributed by atoms with Crippen molar-refractivity contribution in [2.75, 3.05) is 0 Å².